The molecule has 0 radical (unpaired) electrons. The number of nitrogens with zero attached hydrogens (tertiary/aromatic N) is 2. The maximum absolute atomic E-state index is 12.9. The van der Waals surface area contributed by atoms with Gasteiger partial charge < -0.3 is 0 Å². The molecule has 1 aromatic heterocycles. The molecule has 13 heteroatoms. The molecule has 0 spiro atoms. The van der Waals surface area contributed by atoms with Gasteiger partial charge in [0, 0.05) is 26.2 Å². The van der Waals surface area contributed by atoms with Crippen molar-refractivity contribution in [1.29, 1.82) is 0 Å². The van der Waals surface area contributed by atoms with Crippen LogP contribution in [-0.4, -0.2) is 51.6 Å². The largest absolute Gasteiger partial charge is 0.252 e. The van der Waals surface area contributed by atoms with E-state index in [-0.39, 0.29) is 50.4 Å². The highest BCUT2D eigenvalue weighted by molar-refractivity contribution is 9.11. The fourth-order valence-corrected chi connectivity index (χ4v) is 8.54. The van der Waals surface area contributed by atoms with E-state index in [0.717, 1.165) is 11.3 Å². The molecule has 3 rings (SSSR count). The van der Waals surface area contributed by atoms with Gasteiger partial charge in [0.2, 0.25) is 10.0 Å². The monoisotopic (exact) mass is 552 g/mol. The predicted molar refractivity (Wildman–Crippen MR) is 111 cm³/mol. The fraction of sp³-hybridized carbons (Fsp3) is 0.286. The van der Waals surface area contributed by atoms with Crippen molar-refractivity contribution < 1.29 is 16.8 Å². The summed E-state index contributed by atoms with van der Waals surface area (Å²) in [5.74, 6) is 0. The summed E-state index contributed by atoms with van der Waals surface area (Å²) < 4.78 is 54.4. The third kappa shape index (κ3) is 4.34. The van der Waals surface area contributed by atoms with Gasteiger partial charge in [0.1, 0.15) is 9.10 Å². The zero-order valence-corrected chi connectivity index (χ0v) is 19.7. The smallest absolute Gasteiger partial charge is 0.207 e. The van der Waals surface area contributed by atoms with E-state index in [1.807, 2.05) is 0 Å². The maximum Gasteiger partial charge on any atom is 0.252 e. The Morgan fingerprint density at radius 3 is 1.85 bits per heavy atom. The van der Waals surface area contributed by atoms with E-state index in [2.05, 4.69) is 15.9 Å². The molecule has 1 aliphatic rings. The molecule has 27 heavy (non-hydrogen) atoms. The molecule has 1 saturated heterocycles. The summed E-state index contributed by atoms with van der Waals surface area (Å²) in [7, 11) is -7.59. The van der Waals surface area contributed by atoms with E-state index in [1.165, 1.54) is 26.8 Å². The van der Waals surface area contributed by atoms with Crippen LogP contribution in [0.2, 0.25) is 15.1 Å². The van der Waals surface area contributed by atoms with Crippen molar-refractivity contribution in [3.63, 3.8) is 0 Å². The molecule has 1 aromatic carbocycles. The van der Waals surface area contributed by atoms with Gasteiger partial charge in [-0.2, -0.15) is 8.61 Å². The number of hydrogen-bond donors (Lipinski definition) is 0. The molecule has 0 saturated carbocycles. The topological polar surface area (TPSA) is 74.8 Å². The standard InChI is InChI=1S/C14H12BrCl3N2O4S3/c15-13-1-2-14(25-13)27(23,24)20-5-3-19(4-6-20)26(21,22)12-8-10(17)9(16)7-11(12)18/h1-2,7-8H,3-6H2. The van der Waals surface area contributed by atoms with E-state index in [4.69, 9.17) is 34.8 Å². The second kappa shape index (κ2) is 8.08. The quantitative estimate of drug-likeness (QED) is 0.532. The lowest BCUT2D eigenvalue weighted by Crippen LogP contribution is -2.50. The third-order valence-electron chi connectivity index (χ3n) is 3.93. The molecule has 1 aliphatic heterocycles. The summed E-state index contributed by atoms with van der Waals surface area (Å²) in [6.07, 6.45) is 0. The number of halogens is 4. The van der Waals surface area contributed by atoms with Gasteiger partial charge in [-0.05, 0) is 40.2 Å². The Balaban J connectivity index is 1.80. The lowest BCUT2D eigenvalue weighted by Gasteiger charge is -2.33. The van der Waals surface area contributed by atoms with Gasteiger partial charge in [-0.25, -0.2) is 16.8 Å². The van der Waals surface area contributed by atoms with Gasteiger partial charge in [-0.3, -0.25) is 0 Å². The molecule has 2 aromatic rings. The van der Waals surface area contributed by atoms with Crippen molar-refractivity contribution in [2.75, 3.05) is 26.2 Å². The van der Waals surface area contributed by atoms with Gasteiger partial charge in [0.25, 0.3) is 10.0 Å². The highest BCUT2D eigenvalue weighted by atomic mass is 79.9. The van der Waals surface area contributed by atoms with Crippen LogP contribution in [0, 0.1) is 0 Å². The van der Waals surface area contributed by atoms with Gasteiger partial charge in [-0.15, -0.1) is 11.3 Å². The van der Waals surface area contributed by atoms with Crippen molar-refractivity contribution in [2.24, 2.45) is 0 Å². The van der Waals surface area contributed by atoms with Crippen molar-refractivity contribution in [2.45, 2.75) is 9.10 Å². The molecule has 0 atom stereocenters. The number of hydrogen-bond acceptors (Lipinski definition) is 5. The number of benzene rings is 1. The predicted octanol–water partition coefficient (Wildman–Crippen LogP) is 4.17. The van der Waals surface area contributed by atoms with Crippen LogP contribution in [0.25, 0.3) is 0 Å². The molecule has 6 nitrogen and oxygen atoms in total. The van der Waals surface area contributed by atoms with Crippen molar-refractivity contribution in [3.8, 4) is 0 Å². The van der Waals surface area contributed by atoms with Crippen LogP contribution in [0.5, 0.6) is 0 Å². The minimum atomic E-state index is -3.93. The minimum Gasteiger partial charge on any atom is -0.207 e. The molecular weight excluding hydrogens is 543 g/mol. The molecule has 0 N–H and O–H groups in total. The Morgan fingerprint density at radius 1 is 0.815 bits per heavy atom. The highest BCUT2D eigenvalue weighted by Gasteiger charge is 2.35. The van der Waals surface area contributed by atoms with Crippen LogP contribution in [0.1, 0.15) is 0 Å². The Morgan fingerprint density at radius 2 is 1.33 bits per heavy atom. The van der Waals surface area contributed by atoms with E-state index >= 15 is 0 Å². The number of piperazine rings is 1. The number of thiophene rings is 1. The summed E-state index contributed by atoms with van der Waals surface area (Å²) >= 11 is 22.2. The normalized spacial score (nSPS) is 17.3. The van der Waals surface area contributed by atoms with Gasteiger partial charge in [-0.1, -0.05) is 34.8 Å². The first kappa shape index (κ1) is 21.8. The van der Waals surface area contributed by atoms with Crippen LogP contribution < -0.4 is 0 Å². The molecular formula is C14H12BrCl3N2O4S3. The van der Waals surface area contributed by atoms with Gasteiger partial charge >= 0.3 is 0 Å². The van der Waals surface area contributed by atoms with E-state index in [0.29, 0.717) is 3.79 Å². The van der Waals surface area contributed by atoms with Crippen molar-refractivity contribution in [3.05, 3.63) is 43.1 Å². The molecule has 0 aliphatic carbocycles. The molecule has 0 bridgehead atoms. The third-order valence-corrected chi connectivity index (χ3v) is 11.0. The summed E-state index contributed by atoms with van der Waals surface area (Å²) in [5, 5.41) is 0.186. The Labute approximate surface area is 184 Å². The van der Waals surface area contributed by atoms with Gasteiger partial charge in [0.15, 0.2) is 0 Å². The summed E-state index contributed by atoms with van der Waals surface area (Å²) in [6, 6.07) is 5.65. The zero-order valence-electron chi connectivity index (χ0n) is 13.4. The Kier molecular flexibility index (Phi) is 6.52. The Bertz CT molecular complexity index is 1080. The molecule has 0 amide bonds. The van der Waals surface area contributed by atoms with Crippen LogP contribution in [-0.2, 0) is 20.0 Å². The second-order valence-electron chi connectivity index (χ2n) is 5.56. The SMILES string of the molecule is O=S(=O)(c1ccc(Br)s1)N1CCN(S(=O)(=O)c2cc(Cl)c(Cl)cc2Cl)CC1. The van der Waals surface area contributed by atoms with E-state index < -0.39 is 20.0 Å². The molecule has 148 valence electrons. The fourth-order valence-electron chi connectivity index (χ4n) is 2.56. The summed E-state index contributed by atoms with van der Waals surface area (Å²) in [5.41, 5.74) is 0. The second-order valence-corrected chi connectivity index (χ2v) is 13.3. The number of sulfonamides is 2. The van der Waals surface area contributed by atoms with Gasteiger partial charge in [0.05, 0.1) is 18.9 Å². The maximum atomic E-state index is 12.9. The Hall–Kier alpha value is 0.0900. The first-order valence-corrected chi connectivity index (χ1v) is 13.1. The first-order valence-electron chi connectivity index (χ1n) is 7.43. The van der Waals surface area contributed by atoms with E-state index in [1.54, 1.807) is 6.07 Å². The van der Waals surface area contributed by atoms with Crippen LogP contribution in [0.4, 0.5) is 0 Å². The molecule has 0 unspecified atom stereocenters. The van der Waals surface area contributed by atoms with Crippen LogP contribution in [0.3, 0.4) is 0 Å². The van der Waals surface area contributed by atoms with E-state index in [9.17, 15) is 16.8 Å². The molecule has 1 fully saturated rings. The average molecular weight is 555 g/mol. The first-order chi connectivity index (χ1) is 12.5. The van der Waals surface area contributed by atoms with Crippen LogP contribution in [0.15, 0.2) is 37.2 Å². The number of rotatable bonds is 4. The van der Waals surface area contributed by atoms with Crippen molar-refractivity contribution in [1.82, 2.24) is 8.61 Å². The summed E-state index contributed by atoms with van der Waals surface area (Å²) in [6.45, 7) is 0.0847. The zero-order chi connectivity index (χ0) is 20.0. The summed E-state index contributed by atoms with van der Waals surface area (Å²) in [4.78, 5) is -0.155. The average Bonchev–Trinajstić information content (AvgIpc) is 3.05. The van der Waals surface area contributed by atoms with Crippen molar-refractivity contribution >= 4 is 82.1 Å². The highest BCUT2D eigenvalue weighted by Crippen LogP contribution is 2.34. The lowest BCUT2D eigenvalue weighted by molar-refractivity contribution is 0.273. The van der Waals surface area contributed by atoms with Crippen LogP contribution >= 0.6 is 62.1 Å². The minimum absolute atomic E-state index is 0.00465. The molecule has 2 heterocycles. The lowest BCUT2D eigenvalue weighted by atomic mass is 10.4.